The van der Waals surface area contributed by atoms with Crippen LogP contribution in [0.1, 0.15) is 61.9 Å². The minimum atomic E-state index is -0.238. The fraction of sp³-hybridized carbons (Fsp3) is 0.500. The van der Waals surface area contributed by atoms with Crippen molar-refractivity contribution in [3.63, 3.8) is 0 Å². The number of carbonyl (C=O) groups excluding carboxylic acids is 2. The molecule has 0 radical (unpaired) electrons. The van der Waals surface area contributed by atoms with Crippen LogP contribution < -0.4 is 20.5 Å². The molecule has 0 aromatic heterocycles. The molecule has 1 saturated carbocycles. The molecule has 3 rings (SSSR count). The number of benzene rings is 2. The smallest absolute Gasteiger partial charge is 0.255 e. The van der Waals surface area contributed by atoms with Gasteiger partial charge < -0.3 is 25.4 Å². The lowest BCUT2D eigenvalue weighted by atomic mass is 9.87. The normalized spacial score (nSPS) is 14.3. The van der Waals surface area contributed by atoms with Crippen molar-refractivity contribution >= 4 is 17.5 Å². The summed E-state index contributed by atoms with van der Waals surface area (Å²) in [5, 5.41) is 2.92. The minimum Gasteiger partial charge on any atom is -0.493 e. The van der Waals surface area contributed by atoms with Crippen molar-refractivity contribution in [3.8, 4) is 11.5 Å². The molecule has 2 amide bonds. The molecule has 1 fully saturated rings. The fourth-order valence-corrected chi connectivity index (χ4v) is 4.50. The van der Waals surface area contributed by atoms with Crippen LogP contribution in [0.5, 0.6) is 11.5 Å². The molecule has 0 unspecified atom stereocenters. The number of amides is 2. The van der Waals surface area contributed by atoms with E-state index in [4.69, 9.17) is 15.2 Å². The minimum absolute atomic E-state index is 0.109. The third-order valence-electron chi connectivity index (χ3n) is 6.67. The van der Waals surface area contributed by atoms with Crippen molar-refractivity contribution in [1.29, 1.82) is 0 Å². The Hall–Kier alpha value is -3.06. The van der Waals surface area contributed by atoms with Crippen LogP contribution in [0.25, 0.3) is 0 Å². The van der Waals surface area contributed by atoms with Crippen LogP contribution in [-0.2, 0) is 11.3 Å². The Balaban J connectivity index is 1.69. The average molecular weight is 482 g/mol. The number of ether oxygens (including phenoxy) is 2. The first-order valence-electron chi connectivity index (χ1n) is 12.4. The zero-order valence-electron chi connectivity index (χ0n) is 21.4. The van der Waals surface area contributed by atoms with E-state index in [1.54, 1.807) is 25.3 Å². The third kappa shape index (κ3) is 7.21. The van der Waals surface area contributed by atoms with Gasteiger partial charge in [-0.15, -0.1) is 0 Å². The lowest BCUT2D eigenvalue weighted by molar-refractivity contribution is -0.138. The number of carbonyl (C=O) groups is 2. The summed E-state index contributed by atoms with van der Waals surface area (Å²) in [6.07, 6.45) is 5.41. The third-order valence-corrected chi connectivity index (χ3v) is 6.67. The summed E-state index contributed by atoms with van der Waals surface area (Å²) < 4.78 is 10.5. The zero-order chi connectivity index (χ0) is 25.4. The SMILES string of the molecule is COc1ccc(C(=O)Nc2ccc(CN(CC(C)(C)CN)C(=O)C3CCCCC3)cc2)cc1OC. The highest BCUT2D eigenvalue weighted by Gasteiger charge is 2.30. The lowest BCUT2D eigenvalue weighted by Crippen LogP contribution is -2.44. The van der Waals surface area contributed by atoms with Gasteiger partial charge in [-0.1, -0.05) is 45.2 Å². The molecule has 0 atom stereocenters. The van der Waals surface area contributed by atoms with Gasteiger partial charge in [0.1, 0.15) is 0 Å². The van der Waals surface area contributed by atoms with Crippen molar-refractivity contribution in [3.05, 3.63) is 53.6 Å². The number of nitrogens with two attached hydrogens (primary N) is 1. The Morgan fingerprint density at radius 2 is 1.66 bits per heavy atom. The molecular formula is C28H39N3O4. The maximum atomic E-state index is 13.4. The first-order valence-corrected chi connectivity index (χ1v) is 12.4. The van der Waals surface area contributed by atoms with Gasteiger partial charge >= 0.3 is 0 Å². The molecule has 7 nitrogen and oxygen atoms in total. The van der Waals surface area contributed by atoms with E-state index in [2.05, 4.69) is 19.2 Å². The van der Waals surface area contributed by atoms with Crippen molar-refractivity contribution in [2.45, 2.75) is 52.5 Å². The molecule has 2 aromatic carbocycles. The molecule has 190 valence electrons. The van der Waals surface area contributed by atoms with E-state index in [0.29, 0.717) is 42.4 Å². The molecule has 0 aliphatic heterocycles. The Kier molecular flexibility index (Phi) is 9.15. The van der Waals surface area contributed by atoms with Gasteiger partial charge in [-0.25, -0.2) is 0 Å². The van der Waals surface area contributed by atoms with Gasteiger partial charge in [0, 0.05) is 30.3 Å². The molecule has 1 aliphatic carbocycles. The monoisotopic (exact) mass is 481 g/mol. The van der Waals surface area contributed by atoms with Gasteiger partial charge in [0.2, 0.25) is 5.91 Å². The maximum absolute atomic E-state index is 13.4. The summed E-state index contributed by atoms with van der Waals surface area (Å²) in [6, 6.07) is 12.7. The number of nitrogens with one attached hydrogen (secondary N) is 1. The van der Waals surface area contributed by atoms with Crippen LogP contribution in [0.4, 0.5) is 5.69 Å². The van der Waals surface area contributed by atoms with Crippen LogP contribution in [0.2, 0.25) is 0 Å². The van der Waals surface area contributed by atoms with Gasteiger partial charge in [-0.2, -0.15) is 0 Å². The van der Waals surface area contributed by atoms with Crippen LogP contribution in [0.15, 0.2) is 42.5 Å². The fourth-order valence-electron chi connectivity index (χ4n) is 4.50. The van der Waals surface area contributed by atoms with Crippen molar-refractivity contribution in [2.75, 3.05) is 32.6 Å². The van der Waals surface area contributed by atoms with Crippen molar-refractivity contribution < 1.29 is 19.1 Å². The number of hydrogen-bond donors (Lipinski definition) is 2. The topological polar surface area (TPSA) is 93.9 Å². The Bertz CT molecular complexity index is 998. The molecule has 0 heterocycles. The van der Waals surface area contributed by atoms with E-state index >= 15 is 0 Å². The highest BCUT2D eigenvalue weighted by molar-refractivity contribution is 6.04. The second-order valence-electron chi connectivity index (χ2n) is 10.1. The van der Waals surface area contributed by atoms with Gasteiger partial charge in [0.15, 0.2) is 11.5 Å². The van der Waals surface area contributed by atoms with E-state index in [1.807, 2.05) is 29.2 Å². The molecule has 3 N–H and O–H groups in total. The standard InChI is InChI=1S/C28H39N3O4/c1-28(2,18-29)19-31(27(33)21-8-6-5-7-9-21)17-20-10-13-23(14-11-20)30-26(32)22-12-15-24(34-3)25(16-22)35-4/h10-16,21H,5-9,17-19,29H2,1-4H3,(H,30,32). The number of nitrogens with zero attached hydrogens (tertiary/aromatic N) is 1. The van der Waals surface area contributed by atoms with E-state index in [-0.39, 0.29) is 23.1 Å². The van der Waals surface area contributed by atoms with E-state index < -0.39 is 0 Å². The first kappa shape index (κ1) is 26.5. The van der Waals surface area contributed by atoms with Gasteiger partial charge in [-0.3, -0.25) is 9.59 Å². The zero-order valence-corrected chi connectivity index (χ0v) is 21.4. The maximum Gasteiger partial charge on any atom is 0.255 e. The molecule has 2 aromatic rings. The Labute approximate surface area is 209 Å². The summed E-state index contributed by atoms with van der Waals surface area (Å²) in [4.78, 5) is 28.1. The second kappa shape index (κ2) is 12.1. The average Bonchev–Trinajstić information content (AvgIpc) is 2.88. The highest BCUT2D eigenvalue weighted by atomic mass is 16.5. The molecular weight excluding hydrogens is 442 g/mol. The summed E-state index contributed by atoms with van der Waals surface area (Å²) in [7, 11) is 3.09. The van der Waals surface area contributed by atoms with Crippen LogP contribution >= 0.6 is 0 Å². The van der Waals surface area contributed by atoms with Crippen LogP contribution in [0, 0.1) is 11.3 Å². The predicted molar refractivity (Wildman–Crippen MR) is 139 cm³/mol. The first-order chi connectivity index (χ1) is 16.8. The lowest BCUT2D eigenvalue weighted by Gasteiger charge is -2.35. The molecule has 35 heavy (non-hydrogen) atoms. The van der Waals surface area contributed by atoms with E-state index in [0.717, 1.165) is 31.2 Å². The highest BCUT2D eigenvalue weighted by Crippen LogP contribution is 2.29. The molecule has 1 aliphatic rings. The molecule has 7 heteroatoms. The molecule has 0 spiro atoms. The predicted octanol–water partition coefficient (Wildman–Crippen LogP) is 4.85. The van der Waals surface area contributed by atoms with Crippen molar-refractivity contribution in [2.24, 2.45) is 17.1 Å². The summed E-state index contributed by atoms with van der Waals surface area (Å²) in [6.45, 7) is 5.86. The molecule has 0 saturated heterocycles. The van der Waals surface area contributed by atoms with Crippen molar-refractivity contribution in [1.82, 2.24) is 4.90 Å². The summed E-state index contributed by atoms with van der Waals surface area (Å²) >= 11 is 0. The Morgan fingerprint density at radius 3 is 2.26 bits per heavy atom. The van der Waals surface area contributed by atoms with Gasteiger partial charge in [-0.05, 0) is 60.7 Å². The second-order valence-corrected chi connectivity index (χ2v) is 10.1. The van der Waals surface area contributed by atoms with Crippen LogP contribution in [0.3, 0.4) is 0 Å². The van der Waals surface area contributed by atoms with E-state index in [1.165, 1.54) is 13.5 Å². The largest absolute Gasteiger partial charge is 0.493 e. The number of anilines is 1. The Morgan fingerprint density at radius 1 is 1.00 bits per heavy atom. The molecule has 0 bridgehead atoms. The number of hydrogen-bond acceptors (Lipinski definition) is 5. The van der Waals surface area contributed by atoms with Crippen LogP contribution in [-0.4, -0.2) is 44.0 Å². The van der Waals surface area contributed by atoms with Gasteiger partial charge in [0.25, 0.3) is 5.91 Å². The quantitative estimate of drug-likeness (QED) is 0.506. The summed E-state index contributed by atoms with van der Waals surface area (Å²) in [5.41, 5.74) is 8.00. The van der Waals surface area contributed by atoms with Gasteiger partial charge in [0.05, 0.1) is 14.2 Å². The van der Waals surface area contributed by atoms with E-state index in [9.17, 15) is 9.59 Å². The summed E-state index contributed by atoms with van der Waals surface area (Å²) in [5.74, 6) is 1.17. The number of rotatable bonds is 10. The number of methoxy groups -OCH3 is 2.